The molecule has 3 amide bonds. The normalized spacial score (nSPS) is 14.6. The van der Waals surface area contributed by atoms with Crippen molar-refractivity contribution in [3.63, 3.8) is 0 Å². The molecular weight excluding hydrogens is 440 g/mol. The van der Waals surface area contributed by atoms with Gasteiger partial charge in [-0.3, -0.25) is 24.0 Å². The number of aliphatic carboxylic acids is 3. The fourth-order valence-electron chi connectivity index (χ4n) is 2.85. The van der Waals surface area contributed by atoms with Crippen LogP contribution < -0.4 is 21.7 Å². The minimum atomic E-state index is -1.66. The molecule has 4 unspecified atom stereocenters. The van der Waals surface area contributed by atoms with Gasteiger partial charge in [-0.15, -0.1) is 0 Å². The molecule has 13 heteroatoms. The highest BCUT2D eigenvalue weighted by Crippen LogP contribution is 2.08. The highest BCUT2D eigenvalue weighted by molar-refractivity contribution is 5.95. The Morgan fingerprint density at radius 1 is 0.758 bits per heavy atom. The zero-order chi connectivity index (χ0) is 25.9. The van der Waals surface area contributed by atoms with E-state index in [2.05, 4.69) is 10.6 Å². The van der Waals surface area contributed by atoms with E-state index in [0.29, 0.717) is 6.42 Å². The van der Waals surface area contributed by atoms with Crippen LogP contribution in [-0.4, -0.2) is 75.1 Å². The molecule has 0 bridgehead atoms. The third kappa shape index (κ3) is 11.8. The summed E-state index contributed by atoms with van der Waals surface area (Å²) < 4.78 is 0. The van der Waals surface area contributed by atoms with E-state index >= 15 is 0 Å². The van der Waals surface area contributed by atoms with Crippen LogP contribution in [0.15, 0.2) is 0 Å². The van der Waals surface area contributed by atoms with Crippen molar-refractivity contribution in [1.29, 1.82) is 0 Å². The van der Waals surface area contributed by atoms with Crippen LogP contribution in [0.4, 0.5) is 0 Å². The van der Waals surface area contributed by atoms with Gasteiger partial charge in [0, 0.05) is 6.42 Å². The molecule has 0 aliphatic heterocycles. The second-order valence-corrected chi connectivity index (χ2v) is 8.46. The third-order valence-corrected chi connectivity index (χ3v) is 4.58. The molecule has 0 aromatic carbocycles. The highest BCUT2D eigenvalue weighted by atomic mass is 16.4. The lowest BCUT2D eigenvalue weighted by Gasteiger charge is -2.26. The fourth-order valence-corrected chi connectivity index (χ4v) is 2.85. The summed E-state index contributed by atoms with van der Waals surface area (Å²) in [5.41, 5.74) is 5.83. The van der Waals surface area contributed by atoms with Crippen LogP contribution in [0.25, 0.3) is 0 Å². The molecule has 0 saturated carbocycles. The van der Waals surface area contributed by atoms with Gasteiger partial charge < -0.3 is 37.0 Å². The summed E-state index contributed by atoms with van der Waals surface area (Å²) in [7, 11) is 0. The van der Waals surface area contributed by atoms with Crippen molar-refractivity contribution in [2.75, 3.05) is 0 Å². The highest BCUT2D eigenvalue weighted by Gasteiger charge is 2.33. The molecule has 0 aromatic heterocycles. The molecule has 4 atom stereocenters. The van der Waals surface area contributed by atoms with Crippen molar-refractivity contribution in [3.05, 3.63) is 0 Å². The van der Waals surface area contributed by atoms with E-state index in [1.54, 1.807) is 13.8 Å². The number of carbonyl (C=O) groups is 6. The summed E-state index contributed by atoms with van der Waals surface area (Å²) >= 11 is 0. The van der Waals surface area contributed by atoms with Gasteiger partial charge in [-0.05, 0) is 24.7 Å². The van der Waals surface area contributed by atoms with E-state index in [1.165, 1.54) is 0 Å². The maximum Gasteiger partial charge on any atom is 0.326 e. The Labute approximate surface area is 191 Å². The Bertz CT molecular complexity index is 739. The lowest BCUT2D eigenvalue weighted by atomic mass is 10.00. The van der Waals surface area contributed by atoms with Crippen LogP contribution in [0.3, 0.4) is 0 Å². The fraction of sp³-hybridized carbons (Fsp3) is 0.700. The molecule has 0 radical (unpaired) electrons. The van der Waals surface area contributed by atoms with E-state index in [1.807, 2.05) is 19.2 Å². The molecule has 8 N–H and O–H groups in total. The number of carbonyl (C=O) groups excluding carboxylic acids is 3. The predicted molar refractivity (Wildman–Crippen MR) is 115 cm³/mol. The van der Waals surface area contributed by atoms with Crippen molar-refractivity contribution < 1.29 is 44.1 Å². The van der Waals surface area contributed by atoms with Crippen LogP contribution in [0.2, 0.25) is 0 Å². The van der Waals surface area contributed by atoms with Gasteiger partial charge in [-0.1, -0.05) is 27.7 Å². The molecule has 0 aromatic rings. The molecule has 0 saturated heterocycles. The maximum absolute atomic E-state index is 12.8. The summed E-state index contributed by atoms with van der Waals surface area (Å²) in [6.45, 7) is 6.99. The summed E-state index contributed by atoms with van der Waals surface area (Å²) in [6, 6.07) is -5.27. The van der Waals surface area contributed by atoms with Gasteiger partial charge in [0.15, 0.2) is 0 Å². The van der Waals surface area contributed by atoms with Crippen LogP contribution >= 0.6 is 0 Å². The molecule has 188 valence electrons. The molecule has 0 fully saturated rings. The van der Waals surface area contributed by atoms with E-state index in [-0.39, 0.29) is 5.92 Å². The van der Waals surface area contributed by atoms with Gasteiger partial charge >= 0.3 is 17.9 Å². The van der Waals surface area contributed by atoms with Crippen LogP contribution in [0.5, 0.6) is 0 Å². The topological polar surface area (TPSA) is 225 Å². The number of hydrogen-bond donors (Lipinski definition) is 7. The zero-order valence-corrected chi connectivity index (χ0v) is 19.2. The number of hydrogen-bond acceptors (Lipinski definition) is 7. The summed E-state index contributed by atoms with van der Waals surface area (Å²) in [5, 5.41) is 33.8. The average molecular weight is 475 g/mol. The Hall–Kier alpha value is -3.22. The number of carboxylic acids is 3. The monoisotopic (exact) mass is 474 g/mol. The van der Waals surface area contributed by atoms with Crippen molar-refractivity contribution in [2.24, 2.45) is 17.6 Å². The van der Waals surface area contributed by atoms with Gasteiger partial charge in [0.2, 0.25) is 17.7 Å². The van der Waals surface area contributed by atoms with Crippen molar-refractivity contribution in [3.8, 4) is 0 Å². The van der Waals surface area contributed by atoms with Gasteiger partial charge in [-0.2, -0.15) is 0 Å². The minimum Gasteiger partial charge on any atom is -0.481 e. The summed E-state index contributed by atoms with van der Waals surface area (Å²) in [6.07, 6.45) is -1.49. The van der Waals surface area contributed by atoms with Crippen LogP contribution in [0.1, 0.15) is 53.4 Å². The summed E-state index contributed by atoms with van der Waals surface area (Å²) in [4.78, 5) is 70.8. The largest absolute Gasteiger partial charge is 0.481 e. The zero-order valence-electron chi connectivity index (χ0n) is 19.2. The Morgan fingerprint density at radius 3 is 1.73 bits per heavy atom. The third-order valence-electron chi connectivity index (χ3n) is 4.58. The SMILES string of the molecule is CC(C)CC(N)C(=O)NC(C(=O)NC(CC(=O)O)C(=O)NC(CCC(=O)O)C(=O)O)C(C)C. The molecule has 0 rings (SSSR count). The molecular formula is C20H34N4O9. The smallest absolute Gasteiger partial charge is 0.326 e. The van der Waals surface area contributed by atoms with E-state index in [0.717, 1.165) is 0 Å². The predicted octanol–water partition coefficient (Wildman–Crippen LogP) is -1.11. The van der Waals surface area contributed by atoms with Gasteiger partial charge in [-0.25, -0.2) is 4.79 Å². The first-order valence-electron chi connectivity index (χ1n) is 10.5. The first kappa shape index (κ1) is 29.8. The van der Waals surface area contributed by atoms with E-state index in [4.69, 9.17) is 15.9 Å². The first-order valence-corrected chi connectivity index (χ1v) is 10.5. The second kappa shape index (κ2) is 14.0. The Kier molecular flexibility index (Phi) is 12.7. The lowest BCUT2D eigenvalue weighted by molar-refractivity contribution is -0.144. The standard InChI is InChI=1S/C20H34N4O9/c1-9(2)7-11(21)17(29)24-16(10(3)4)19(31)23-13(8-15(27)28)18(30)22-12(20(32)33)5-6-14(25)26/h9-13,16H,5-8,21H2,1-4H3,(H,22,30)(H,23,31)(H,24,29)(H,25,26)(H,27,28)(H,32,33). The second-order valence-electron chi connectivity index (χ2n) is 8.46. The van der Waals surface area contributed by atoms with E-state index in [9.17, 15) is 33.9 Å². The van der Waals surface area contributed by atoms with E-state index < -0.39 is 85.0 Å². The minimum absolute atomic E-state index is 0.129. The van der Waals surface area contributed by atoms with Crippen LogP contribution in [-0.2, 0) is 28.8 Å². The number of carboxylic acid groups (broad SMARTS) is 3. The van der Waals surface area contributed by atoms with Crippen molar-refractivity contribution in [2.45, 2.75) is 77.5 Å². The lowest BCUT2D eigenvalue weighted by Crippen LogP contribution is -2.58. The number of amides is 3. The molecule has 0 heterocycles. The van der Waals surface area contributed by atoms with Gasteiger partial charge in [0.1, 0.15) is 18.1 Å². The van der Waals surface area contributed by atoms with Gasteiger partial charge in [0.05, 0.1) is 12.5 Å². The molecule has 0 aliphatic rings. The average Bonchev–Trinajstić information content (AvgIpc) is 2.66. The maximum atomic E-state index is 12.8. The summed E-state index contributed by atoms with van der Waals surface area (Å²) in [5.74, 6) is -7.12. The Morgan fingerprint density at radius 2 is 1.30 bits per heavy atom. The molecule has 0 spiro atoms. The van der Waals surface area contributed by atoms with Gasteiger partial charge in [0.25, 0.3) is 0 Å². The van der Waals surface area contributed by atoms with Crippen LogP contribution in [0, 0.1) is 11.8 Å². The molecule has 33 heavy (non-hydrogen) atoms. The first-order chi connectivity index (χ1) is 15.1. The Balaban J connectivity index is 5.45. The number of rotatable bonds is 15. The number of nitrogens with two attached hydrogens (primary N) is 1. The van der Waals surface area contributed by atoms with Crippen molar-refractivity contribution in [1.82, 2.24) is 16.0 Å². The quantitative estimate of drug-likeness (QED) is 0.151. The molecule has 0 aliphatic carbocycles. The molecule has 13 nitrogen and oxygen atoms in total. The number of nitrogens with one attached hydrogen (secondary N) is 3. The van der Waals surface area contributed by atoms with Crippen molar-refractivity contribution >= 4 is 35.6 Å².